The molecule has 4 N–H and O–H groups in total. The van der Waals surface area contributed by atoms with Crippen molar-refractivity contribution < 1.29 is 22.7 Å². The first kappa shape index (κ1) is 21.9. The van der Waals surface area contributed by atoms with E-state index in [1.165, 1.54) is 43.3 Å². The molecule has 0 bridgehead atoms. The molecule has 0 aromatic heterocycles. The van der Waals surface area contributed by atoms with E-state index in [2.05, 4.69) is 11.9 Å². The van der Waals surface area contributed by atoms with Crippen molar-refractivity contribution in [1.82, 2.24) is 5.43 Å². The second-order valence-corrected chi connectivity index (χ2v) is 7.74. The van der Waals surface area contributed by atoms with E-state index in [1.807, 2.05) is 5.43 Å². The van der Waals surface area contributed by atoms with Crippen LogP contribution in [-0.2, 0) is 19.6 Å². The molecule has 0 radical (unpaired) electrons. The molecule has 2 rings (SSSR count). The number of sulfonamides is 1. The number of anilines is 2. The molecule has 9 nitrogen and oxygen atoms in total. The van der Waals surface area contributed by atoms with Crippen LogP contribution in [0.15, 0.2) is 66.1 Å². The van der Waals surface area contributed by atoms with Crippen molar-refractivity contribution in [3.63, 3.8) is 0 Å². The molecule has 0 aliphatic heterocycles. The summed E-state index contributed by atoms with van der Waals surface area (Å²) in [6.07, 6.45) is 1.56. The van der Waals surface area contributed by atoms with E-state index in [1.54, 1.807) is 18.2 Å². The fraction of sp³-hybridized carbons (Fsp3) is 0.158. The average molecular weight is 418 g/mol. The van der Waals surface area contributed by atoms with Crippen LogP contribution in [0.1, 0.15) is 6.92 Å². The SMILES string of the molecule is C=CCOc1cccc(N(CC(=O)NN)S(=O)(=O)c2ccc(NC(C)=O)cc2)c1. The summed E-state index contributed by atoms with van der Waals surface area (Å²) in [6.45, 7) is 4.62. The summed E-state index contributed by atoms with van der Waals surface area (Å²) >= 11 is 0. The Morgan fingerprint density at radius 1 is 1.21 bits per heavy atom. The number of nitrogens with one attached hydrogen (secondary N) is 2. The molecule has 154 valence electrons. The normalized spacial score (nSPS) is 10.7. The third-order valence-corrected chi connectivity index (χ3v) is 5.47. The largest absolute Gasteiger partial charge is 0.489 e. The van der Waals surface area contributed by atoms with Crippen LogP contribution in [0, 0.1) is 0 Å². The van der Waals surface area contributed by atoms with Gasteiger partial charge in [-0.25, -0.2) is 14.3 Å². The van der Waals surface area contributed by atoms with Crippen molar-refractivity contribution in [3.05, 3.63) is 61.2 Å². The predicted octanol–water partition coefficient (Wildman–Crippen LogP) is 1.39. The quantitative estimate of drug-likeness (QED) is 0.244. The maximum absolute atomic E-state index is 13.2. The van der Waals surface area contributed by atoms with Crippen molar-refractivity contribution >= 4 is 33.2 Å². The van der Waals surface area contributed by atoms with E-state index in [9.17, 15) is 18.0 Å². The van der Waals surface area contributed by atoms with Crippen LogP contribution in [0.5, 0.6) is 5.75 Å². The molecule has 0 fully saturated rings. The van der Waals surface area contributed by atoms with Crippen molar-refractivity contribution in [2.24, 2.45) is 5.84 Å². The second-order valence-electron chi connectivity index (χ2n) is 5.88. The Labute approximate surface area is 169 Å². The smallest absolute Gasteiger partial charge is 0.264 e. The molecule has 0 unspecified atom stereocenters. The van der Waals surface area contributed by atoms with Crippen LogP contribution in [0.25, 0.3) is 0 Å². The molecule has 0 saturated carbocycles. The van der Waals surface area contributed by atoms with Gasteiger partial charge in [0, 0.05) is 18.7 Å². The van der Waals surface area contributed by atoms with Gasteiger partial charge in [-0.1, -0.05) is 18.7 Å². The molecule has 2 aromatic carbocycles. The number of amides is 2. The summed E-state index contributed by atoms with van der Waals surface area (Å²) in [4.78, 5) is 22.9. The first-order chi connectivity index (χ1) is 13.8. The Morgan fingerprint density at radius 3 is 2.48 bits per heavy atom. The van der Waals surface area contributed by atoms with Crippen molar-refractivity contribution in [2.75, 3.05) is 22.8 Å². The minimum atomic E-state index is -4.11. The molecular weight excluding hydrogens is 396 g/mol. The molecule has 10 heteroatoms. The minimum Gasteiger partial charge on any atom is -0.489 e. The third-order valence-electron chi connectivity index (χ3n) is 3.68. The second kappa shape index (κ2) is 9.71. The van der Waals surface area contributed by atoms with Gasteiger partial charge in [0.05, 0.1) is 10.6 Å². The van der Waals surface area contributed by atoms with Gasteiger partial charge in [0.2, 0.25) is 5.91 Å². The lowest BCUT2D eigenvalue weighted by atomic mass is 10.3. The van der Waals surface area contributed by atoms with Gasteiger partial charge in [-0.05, 0) is 36.4 Å². The number of benzene rings is 2. The summed E-state index contributed by atoms with van der Waals surface area (Å²) in [5.41, 5.74) is 2.60. The maximum Gasteiger partial charge on any atom is 0.264 e. The van der Waals surface area contributed by atoms with E-state index in [-0.39, 0.29) is 23.1 Å². The Kier molecular flexibility index (Phi) is 7.34. The van der Waals surface area contributed by atoms with Gasteiger partial charge in [0.25, 0.3) is 15.9 Å². The highest BCUT2D eigenvalue weighted by Crippen LogP contribution is 2.27. The van der Waals surface area contributed by atoms with Gasteiger partial charge in [-0.3, -0.25) is 19.3 Å². The van der Waals surface area contributed by atoms with Gasteiger partial charge in [-0.15, -0.1) is 0 Å². The van der Waals surface area contributed by atoms with Crippen LogP contribution >= 0.6 is 0 Å². The summed E-state index contributed by atoms with van der Waals surface area (Å²) in [5, 5.41) is 2.56. The third kappa shape index (κ3) is 5.80. The fourth-order valence-electron chi connectivity index (χ4n) is 2.42. The number of carbonyl (C=O) groups is 2. The number of hydrogen-bond acceptors (Lipinski definition) is 6. The van der Waals surface area contributed by atoms with Crippen molar-refractivity contribution in [2.45, 2.75) is 11.8 Å². The zero-order valence-electron chi connectivity index (χ0n) is 15.8. The molecule has 0 aliphatic carbocycles. The fourth-order valence-corrected chi connectivity index (χ4v) is 3.83. The monoisotopic (exact) mass is 418 g/mol. The van der Waals surface area contributed by atoms with E-state index in [0.29, 0.717) is 11.4 Å². The average Bonchev–Trinajstić information content (AvgIpc) is 2.70. The van der Waals surface area contributed by atoms with Crippen LogP contribution in [0.3, 0.4) is 0 Å². The molecule has 0 heterocycles. The van der Waals surface area contributed by atoms with E-state index in [0.717, 1.165) is 4.31 Å². The Hall–Kier alpha value is -3.37. The van der Waals surface area contributed by atoms with Crippen LogP contribution < -0.4 is 25.6 Å². The zero-order chi connectivity index (χ0) is 21.4. The number of carbonyl (C=O) groups excluding carboxylic acids is 2. The molecular formula is C19H22N4O5S. The number of nitrogens with zero attached hydrogens (tertiary/aromatic N) is 1. The van der Waals surface area contributed by atoms with Gasteiger partial charge in [0.15, 0.2) is 0 Å². The Bertz CT molecular complexity index is 990. The molecule has 0 spiro atoms. The van der Waals surface area contributed by atoms with E-state index in [4.69, 9.17) is 10.6 Å². The molecule has 0 atom stereocenters. The molecule has 2 aromatic rings. The molecule has 0 aliphatic rings. The standard InChI is InChI=1S/C19H22N4O5S/c1-3-11-28-17-6-4-5-16(12-17)23(13-19(25)22-20)29(26,27)18-9-7-15(8-10-18)21-14(2)24/h3-10,12H,1,11,13,20H2,2H3,(H,21,24)(H,22,25). The van der Waals surface area contributed by atoms with Crippen LogP contribution in [-0.4, -0.2) is 33.4 Å². The lowest BCUT2D eigenvalue weighted by Crippen LogP contribution is -2.43. The van der Waals surface area contributed by atoms with Crippen LogP contribution in [0.2, 0.25) is 0 Å². The lowest BCUT2D eigenvalue weighted by molar-refractivity contribution is -0.119. The highest BCUT2D eigenvalue weighted by atomic mass is 32.2. The van der Waals surface area contributed by atoms with Crippen LogP contribution in [0.4, 0.5) is 11.4 Å². The highest BCUT2D eigenvalue weighted by molar-refractivity contribution is 7.92. The number of nitrogens with two attached hydrogens (primary N) is 1. The number of hydrazine groups is 1. The van der Waals surface area contributed by atoms with Gasteiger partial charge in [-0.2, -0.15) is 0 Å². The number of hydrogen-bond donors (Lipinski definition) is 3. The Balaban J connectivity index is 2.44. The zero-order valence-corrected chi connectivity index (χ0v) is 16.6. The van der Waals surface area contributed by atoms with Crippen molar-refractivity contribution in [3.8, 4) is 5.75 Å². The summed E-state index contributed by atoms with van der Waals surface area (Å²) in [7, 11) is -4.11. The first-order valence-corrected chi connectivity index (χ1v) is 9.95. The number of ether oxygens (including phenoxy) is 1. The molecule has 29 heavy (non-hydrogen) atoms. The number of rotatable bonds is 9. The van der Waals surface area contributed by atoms with Gasteiger partial charge < -0.3 is 10.1 Å². The lowest BCUT2D eigenvalue weighted by Gasteiger charge is -2.24. The van der Waals surface area contributed by atoms with E-state index < -0.39 is 22.5 Å². The predicted molar refractivity (Wildman–Crippen MR) is 110 cm³/mol. The molecule has 2 amide bonds. The van der Waals surface area contributed by atoms with E-state index >= 15 is 0 Å². The molecule has 0 saturated heterocycles. The minimum absolute atomic E-state index is 0.0613. The van der Waals surface area contributed by atoms with Gasteiger partial charge >= 0.3 is 0 Å². The summed E-state index contributed by atoms with van der Waals surface area (Å²) < 4.78 is 32.8. The summed E-state index contributed by atoms with van der Waals surface area (Å²) in [5.74, 6) is 4.59. The highest BCUT2D eigenvalue weighted by Gasteiger charge is 2.27. The topological polar surface area (TPSA) is 131 Å². The Morgan fingerprint density at radius 2 is 1.90 bits per heavy atom. The first-order valence-electron chi connectivity index (χ1n) is 8.51. The van der Waals surface area contributed by atoms with Gasteiger partial charge in [0.1, 0.15) is 18.9 Å². The van der Waals surface area contributed by atoms with Crippen molar-refractivity contribution in [1.29, 1.82) is 0 Å². The maximum atomic E-state index is 13.2. The summed E-state index contributed by atoms with van der Waals surface area (Å²) in [6, 6.07) is 11.9.